The third-order valence-electron chi connectivity index (χ3n) is 6.65. The van der Waals surface area contributed by atoms with Crippen molar-refractivity contribution in [3.05, 3.63) is 35.7 Å². The van der Waals surface area contributed by atoms with Crippen molar-refractivity contribution in [2.24, 2.45) is 11.8 Å². The minimum absolute atomic E-state index is 0.0692. The number of aliphatic hydroxyl groups is 1. The van der Waals surface area contributed by atoms with Crippen LogP contribution >= 0.6 is 0 Å². The minimum Gasteiger partial charge on any atom is -0.454 e. The van der Waals surface area contributed by atoms with Crippen LogP contribution in [0.5, 0.6) is 11.5 Å². The van der Waals surface area contributed by atoms with Gasteiger partial charge in [-0.1, -0.05) is 11.3 Å². The van der Waals surface area contributed by atoms with Crippen LogP contribution in [0.15, 0.2) is 24.4 Å². The summed E-state index contributed by atoms with van der Waals surface area (Å²) < 4.78 is 12.6. The number of piperidine rings is 3. The molecule has 2 aromatic rings. The normalized spacial score (nSPS) is 26.7. The molecule has 0 aliphatic carbocycles. The molecule has 0 spiro atoms. The van der Waals surface area contributed by atoms with Gasteiger partial charge in [-0.05, 0) is 23.6 Å². The van der Waals surface area contributed by atoms with Gasteiger partial charge in [0.1, 0.15) is 6.04 Å². The lowest BCUT2D eigenvalue weighted by Crippen LogP contribution is -3.20. The maximum absolute atomic E-state index is 12.9. The molecule has 4 aliphatic rings. The van der Waals surface area contributed by atoms with Crippen molar-refractivity contribution in [2.75, 3.05) is 26.5 Å². The van der Waals surface area contributed by atoms with Gasteiger partial charge in [0.2, 0.25) is 12.7 Å². The second-order valence-corrected chi connectivity index (χ2v) is 8.51. The zero-order valence-electron chi connectivity index (χ0n) is 16.9. The number of quaternary nitrogens is 1. The van der Waals surface area contributed by atoms with Crippen LogP contribution in [0.3, 0.4) is 0 Å². The molecule has 3 N–H and O–H groups in total. The van der Waals surface area contributed by atoms with Crippen molar-refractivity contribution >= 4 is 5.91 Å². The zero-order chi connectivity index (χ0) is 20.5. The summed E-state index contributed by atoms with van der Waals surface area (Å²) >= 11 is 0. The maximum Gasteiger partial charge on any atom is 0.231 e. The van der Waals surface area contributed by atoms with Crippen molar-refractivity contribution in [1.29, 1.82) is 0 Å². The van der Waals surface area contributed by atoms with Crippen molar-refractivity contribution in [1.82, 2.24) is 20.3 Å². The summed E-state index contributed by atoms with van der Waals surface area (Å²) in [5, 5.41) is 20.5. The van der Waals surface area contributed by atoms with E-state index < -0.39 is 0 Å². The van der Waals surface area contributed by atoms with Gasteiger partial charge in [0.05, 0.1) is 31.2 Å². The Morgan fingerprint density at radius 2 is 2.23 bits per heavy atom. The van der Waals surface area contributed by atoms with Gasteiger partial charge in [0.15, 0.2) is 11.5 Å². The summed E-state index contributed by atoms with van der Waals surface area (Å²) in [7, 11) is 0. The lowest BCUT2D eigenvalue weighted by molar-refractivity contribution is -0.945. The molecule has 160 valence electrons. The van der Waals surface area contributed by atoms with Crippen molar-refractivity contribution < 1.29 is 24.3 Å². The molecular formula is C21H28N5O4+. The molecule has 6 rings (SSSR count). The fraction of sp³-hybridized carbons (Fsp3) is 0.571. The average molecular weight is 414 g/mol. The molecule has 3 saturated heterocycles. The Morgan fingerprint density at radius 3 is 3.07 bits per heavy atom. The predicted molar refractivity (Wildman–Crippen MR) is 106 cm³/mol. The van der Waals surface area contributed by atoms with Crippen LogP contribution in [0.25, 0.3) is 0 Å². The number of rotatable bonds is 7. The van der Waals surface area contributed by atoms with E-state index in [1.54, 1.807) is 0 Å². The van der Waals surface area contributed by atoms with E-state index in [2.05, 4.69) is 15.6 Å². The van der Waals surface area contributed by atoms with E-state index in [1.807, 2.05) is 29.1 Å². The Hall–Kier alpha value is -2.65. The molecule has 4 aliphatic heterocycles. The van der Waals surface area contributed by atoms with E-state index in [9.17, 15) is 4.79 Å². The number of ether oxygens (including phenoxy) is 2. The van der Waals surface area contributed by atoms with Crippen molar-refractivity contribution in [3.8, 4) is 11.5 Å². The number of carbonyl (C=O) groups excluding carboxylic acids is 1. The molecular weight excluding hydrogens is 386 g/mol. The average Bonchev–Trinajstić information content (AvgIpc) is 3.41. The highest BCUT2D eigenvalue weighted by molar-refractivity contribution is 5.79. The van der Waals surface area contributed by atoms with Gasteiger partial charge in [-0.2, -0.15) is 0 Å². The molecule has 5 heterocycles. The fourth-order valence-corrected chi connectivity index (χ4v) is 5.07. The number of nitrogens with zero attached hydrogens (tertiary/aromatic N) is 3. The fourth-order valence-electron chi connectivity index (χ4n) is 5.07. The number of aromatic nitrogens is 3. The van der Waals surface area contributed by atoms with Crippen LogP contribution in [0.1, 0.15) is 24.1 Å². The standard InChI is InChI=1S/C21H27N5O4/c27-6-4-16-10-26(24-23-16)11-17-8-15-3-5-25(17)12-18(15)21(28)22-9-14-1-2-19-20(7-14)30-13-29-19/h1-2,7,10,15,17-18,27H,3-6,8-9,11-13H2,(H,22,28)/p+1/t15-,17+,18-/m0/s1. The number of amides is 1. The lowest BCUT2D eigenvalue weighted by Gasteiger charge is -2.46. The maximum atomic E-state index is 12.9. The summed E-state index contributed by atoms with van der Waals surface area (Å²) in [5.41, 5.74) is 1.84. The first-order valence-corrected chi connectivity index (χ1v) is 10.7. The molecule has 4 atom stereocenters. The number of hydrogen-bond acceptors (Lipinski definition) is 6. The van der Waals surface area contributed by atoms with Gasteiger partial charge >= 0.3 is 0 Å². The molecule has 1 unspecified atom stereocenters. The van der Waals surface area contributed by atoms with E-state index in [0.717, 1.165) is 55.2 Å². The minimum atomic E-state index is 0.0692. The number of hydrogen-bond donors (Lipinski definition) is 3. The van der Waals surface area contributed by atoms with Gasteiger partial charge < -0.3 is 24.8 Å². The number of aliphatic hydroxyl groups excluding tert-OH is 1. The molecule has 3 fully saturated rings. The Labute approximate surface area is 175 Å². The third-order valence-corrected chi connectivity index (χ3v) is 6.65. The van der Waals surface area contributed by atoms with Crippen LogP contribution in [0.4, 0.5) is 0 Å². The van der Waals surface area contributed by atoms with Gasteiger partial charge in [-0.3, -0.25) is 4.79 Å². The van der Waals surface area contributed by atoms with Gasteiger partial charge in [-0.15, -0.1) is 5.10 Å². The van der Waals surface area contributed by atoms with Crippen LogP contribution in [0.2, 0.25) is 0 Å². The predicted octanol–water partition coefficient (Wildman–Crippen LogP) is -0.849. The summed E-state index contributed by atoms with van der Waals surface area (Å²) in [6, 6.07) is 6.26. The number of nitrogens with one attached hydrogen (secondary N) is 2. The number of carbonyl (C=O) groups is 1. The lowest BCUT2D eigenvalue weighted by atomic mass is 9.75. The van der Waals surface area contributed by atoms with Gasteiger partial charge in [-0.25, -0.2) is 4.68 Å². The SMILES string of the molecule is O=C(NCc1ccc2c(c1)OCO2)[C@H]1C[NH+]2CC[C@H]1C[C@@H]2Cn1cc(CCO)nn1. The quantitative estimate of drug-likeness (QED) is 0.546. The smallest absolute Gasteiger partial charge is 0.231 e. The molecule has 0 radical (unpaired) electrons. The van der Waals surface area contributed by atoms with E-state index in [-0.39, 0.29) is 25.2 Å². The third kappa shape index (κ3) is 3.87. The molecule has 1 amide bonds. The Bertz CT molecular complexity index is 917. The van der Waals surface area contributed by atoms with E-state index in [1.165, 1.54) is 4.90 Å². The Morgan fingerprint density at radius 1 is 1.33 bits per heavy atom. The molecule has 30 heavy (non-hydrogen) atoms. The highest BCUT2D eigenvalue weighted by Crippen LogP contribution is 2.32. The van der Waals surface area contributed by atoms with Crippen molar-refractivity contribution in [3.63, 3.8) is 0 Å². The largest absolute Gasteiger partial charge is 0.454 e. The van der Waals surface area contributed by atoms with Crippen molar-refractivity contribution in [2.45, 2.75) is 38.4 Å². The molecule has 1 aromatic heterocycles. The zero-order valence-corrected chi connectivity index (χ0v) is 16.9. The van der Waals surface area contributed by atoms with Gasteiger partial charge in [0, 0.05) is 38.6 Å². The second kappa shape index (κ2) is 8.23. The molecule has 2 bridgehead atoms. The topological polar surface area (TPSA) is 103 Å². The number of fused-ring (bicyclic) bond motifs is 4. The first kappa shape index (κ1) is 19.3. The van der Waals surface area contributed by atoms with Crippen LogP contribution in [-0.2, 0) is 24.3 Å². The first-order valence-electron chi connectivity index (χ1n) is 10.7. The first-order chi connectivity index (χ1) is 14.7. The van der Waals surface area contributed by atoms with Crippen LogP contribution in [0, 0.1) is 11.8 Å². The molecule has 9 heteroatoms. The molecule has 1 aromatic carbocycles. The summed E-state index contributed by atoms with van der Waals surface area (Å²) in [5.74, 6) is 2.14. The number of benzene rings is 1. The van der Waals surface area contributed by atoms with E-state index in [4.69, 9.17) is 14.6 Å². The highest BCUT2D eigenvalue weighted by atomic mass is 16.7. The molecule has 9 nitrogen and oxygen atoms in total. The van der Waals surface area contributed by atoms with Crippen LogP contribution < -0.4 is 19.7 Å². The molecule has 0 saturated carbocycles. The monoisotopic (exact) mass is 414 g/mol. The summed E-state index contributed by atoms with van der Waals surface area (Å²) in [4.78, 5) is 14.4. The summed E-state index contributed by atoms with van der Waals surface area (Å²) in [6.45, 7) is 3.65. The highest BCUT2D eigenvalue weighted by Gasteiger charge is 2.46. The van der Waals surface area contributed by atoms with Gasteiger partial charge in [0.25, 0.3) is 0 Å². The van der Waals surface area contributed by atoms with E-state index in [0.29, 0.717) is 24.9 Å². The Balaban J connectivity index is 1.16. The van der Waals surface area contributed by atoms with Crippen LogP contribution in [-0.4, -0.2) is 58.5 Å². The Kier molecular flexibility index (Phi) is 5.30. The summed E-state index contributed by atoms with van der Waals surface area (Å²) in [6.07, 6.45) is 4.60. The second-order valence-electron chi connectivity index (χ2n) is 8.51. The van der Waals surface area contributed by atoms with E-state index >= 15 is 0 Å².